The van der Waals surface area contributed by atoms with E-state index in [1.165, 1.54) is 228 Å². The lowest BCUT2D eigenvalue weighted by atomic mass is 9.70. The van der Waals surface area contributed by atoms with Gasteiger partial charge in [-0.1, -0.05) is 269 Å². The Kier molecular flexibility index (Phi) is 15.2. The van der Waals surface area contributed by atoms with Crippen LogP contribution in [0.5, 0.6) is 0 Å². The highest BCUT2D eigenvalue weighted by atomic mass is 15.1. The minimum absolute atomic E-state index is 0.0181. The number of unbranched alkanes of at least 4 members (excludes halogenated alkanes) is 8. The maximum atomic E-state index is 2.70. The van der Waals surface area contributed by atoms with E-state index in [2.05, 4.69) is 247 Å². The van der Waals surface area contributed by atoms with Crippen molar-refractivity contribution >= 4 is 60.2 Å². The molecule has 0 heterocycles. The maximum absolute atomic E-state index is 2.70. The third-order valence-corrected chi connectivity index (χ3v) is 19.9. The normalized spacial score (nSPS) is 13.7. The number of hydrogen-bond donors (Lipinski definition) is 0. The Morgan fingerprint density at radius 2 is 0.651 bits per heavy atom. The fourth-order valence-electron chi connectivity index (χ4n) is 15.8. The van der Waals surface area contributed by atoms with Gasteiger partial charge >= 0.3 is 0 Å². The molecule has 0 N–H and O–H groups in total. The van der Waals surface area contributed by atoms with Gasteiger partial charge in [-0.05, 0) is 186 Å². The van der Waals surface area contributed by atoms with Crippen LogP contribution < -0.4 is 4.90 Å². The van der Waals surface area contributed by atoms with Crippen molar-refractivity contribution in [2.75, 3.05) is 4.90 Å². The van der Waals surface area contributed by atoms with Crippen LogP contribution in [0.3, 0.4) is 0 Å². The molecule has 0 atom stereocenters. The molecule has 0 saturated heterocycles. The molecule has 0 spiro atoms. The van der Waals surface area contributed by atoms with Crippen LogP contribution in [0.2, 0.25) is 0 Å². The van der Waals surface area contributed by atoms with Gasteiger partial charge in [0.2, 0.25) is 0 Å². The number of anilines is 3. The van der Waals surface area contributed by atoms with Crippen LogP contribution in [0.25, 0.3) is 87.6 Å². The fourth-order valence-corrected chi connectivity index (χ4v) is 15.8. The van der Waals surface area contributed by atoms with Crippen molar-refractivity contribution in [2.24, 2.45) is 0 Å². The number of hydrogen-bond acceptors (Lipinski definition) is 1. The highest BCUT2D eigenvalue weighted by Crippen LogP contribution is 2.59. The van der Waals surface area contributed by atoms with Gasteiger partial charge in [0.1, 0.15) is 0 Å². The van der Waals surface area contributed by atoms with Crippen LogP contribution in [-0.2, 0) is 10.8 Å². The molecule has 11 aromatic carbocycles. The Labute approximate surface area is 495 Å². The summed E-state index contributed by atoms with van der Waals surface area (Å²) in [5.41, 5.74) is 23.3. The molecule has 0 aliphatic heterocycles. The van der Waals surface area contributed by atoms with Gasteiger partial charge in [0.05, 0.1) is 11.4 Å². The van der Waals surface area contributed by atoms with Crippen molar-refractivity contribution < 1.29 is 0 Å². The molecule has 13 rings (SSSR count). The predicted molar refractivity (Wildman–Crippen MR) is 360 cm³/mol. The minimum Gasteiger partial charge on any atom is -0.309 e. The molecular formula is C82H83N. The number of nitrogens with zero attached hydrogens (tertiary/aromatic N) is 1. The van der Waals surface area contributed by atoms with Crippen molar-refractivity contribution in [1.82, 2.24) is 0 Å². The zero-order valence-electron chi connectivity index (χ0n) is 50.3. The summed E-state index contributed by atoms with van der Waals surface area (Å²) in [4.78, 5) is 2.60. The van der Waals surface area contributed by atoms with Gasteiger partial charge < -0.3 is 4.90 Å². The topological polar surface area (TPSA) is 3.24 Å². The van der Waals surface area contributed by atoms with Gasteiger partial charge in [-0.15, -0.1) is 0 Å². The van der Waals surface area contributed by atoms with E-state index >= 15 is 0 Å². The SMILES string of the molecule is CCCCCCC1(CCCCCC)c2cc(-c3c4ccccc4c(-c4ccc5c(c4)C(CCCC)(CCCC)c4ccccc4-5)c4ccccc34)ccc2-c2ccc(N(c3ccc(C)c4ccccc34)c3ccc(C)c4ccccc34)cc21. The first-order valence-corrected chi connectivity index (χ1v) is 32.1. The molecule has 2 aliphatic carbocycles. The molecule has 83 heavy (non-hydrogen) atoms. The summed E-state index contributed by atoms with van der Waals surface area (Å²) in [7, 11) is 0. The summed E-state index contributed by atoms with van der Waals surface area (Å²) in [6.45, 7) is 13.9. The quantitative estimate of drug-likeness (QED) is 0.0512. The third kappa shape index (κ3) is 9.29. The zero-order valence-corrected chi connectivity index (χ0v) is 50.3. The van der Waals surface area contributed by atoms with Gasteiger partial charge in [0, 0.05) is 27.3 Å². The molecule has 0 bridgehead atoms. The van der Waals surface area contributed by atoms with Crippen molar-refractivity contribution in [3.05, 3.63) is 234 Å². The van der Waals surface area contributed by atoms with Gasteiger partial charge in [-0.3, -0.25) is 0 Å². The lowest BCUT2D eigenvalue weighted by Crippen LogP contribution is -2.26. The van der Waals surface area contributed by atoms with Gasteiger partial charge in [0.25, 0.3) is 0 Å². The van der Waals surface area contributed by atoms with Gasteiger partial charge in [0.15, 0.2) is 0 Å². The number of benzene rings is 11. The molecule has 1 heteroatoms. The van der Waals surface area contributed by atoms with E-state index in [0.717, 1.165) is 12.8 Å². The van der Waals surface area contributed by atoms with Gasteiger partial charge in [-0.25, -0.2) is 0 Å². The Morgan fingerprint density at radius 1 is 0.289 bits per heavy atom. The summed E-state index contributed by atoms with van der Waals surface area (Å²) in [6.07, 6.45) is 19.4. The predicted octanol–water partition coefficient (Wildman–Crippen LogP) is 24.6. The van der Waals surface area contributed by atoms with Gasteiger partial charge in [-0.2, -0.15) is 0 Å². The van der Waals surface area contributed by atoms with E-state index in [4.69, 9.17) is 0 Å². The lowest BCUT2D eigenvalue weighted by molar-refractivity contribution is 0.401. The molecule has 416 valence electrons. The standard InChI is InChI=1S/C82H83N/c1-7-11-15-27-51-82(52-28-16-12-8-2)75-54-59(42-45-65(75)66-46-43-60(55-76(66)82)83(77-47-39-56(5)61-29-17-19-32-67(61)77)78-48-40-57(6)62-30-18-20-33-68(62)78)80-71-36-23-21-34-69(71)79(70-35-22-24-37-72(70)80)58-41-44-64-63-31-25-26-38-73(63)81(49-13-9-3,50-14-10-4)74(64)53-58/h17-26,29-48,53-55H,7-16,27-28,49-52H2,1-6H3. The molecule has 11 aromatic rings. The first-order chi connectivity index (χ1) is 40.8. The lowest BCUT2D eigenvalue weighted by Gasteiger charge is -2.35. The largest absolute Gasteiger partial charge is 0.309 e. The van der Waals surface area contributed by atoms with Crippen LogP contribution in [0.4, 0.5) is 17.1 Å². The minimum atomic E-state index is -0.163. The average molecular weight is 1080 g/mol. The smallest absolute Gasteiger partial charge is 0.0540 e. The molecular weight excluding hydrogens is 999 g/mol. The highest BCUT2D eigenvalue weighted by molar-refractivity contribution is 6.22. The van der Waals surface area contributed by atoms with Crippen LogP contribution in [0, 0.1) is 13.8 Å². The average Bonchev–Trinajstić information content (AvgIpc) is 2.14. The Hall–Kier alpha value is -7.74. The first kappa shape index (κ1) is 54.5. The van der Waals surface area contributed by atoms with E-state index in [0.29, 0.717) is 0 Å². The maximum Gasteiger partial charge on any atom is 0.0540 e. The molecule has 0 unspecified atom stereocenters. The van der Waals surface area contributed by atoms with Crippen molar-refractivity contribution in [3.63, 3.8) is 0 Å². The molecule has 0 aromatic heterocycles. The molecule has 2 aliphatic rings. The van der Waals surface area contributed by atoms with Crippen LogP contribution in [-0.4, -0.2) is 0 Å². The van der Waals surface area contributed by atoms with Crippen molar-refractivity contribution in [3.8, 4) is 44.5 Å². The molecule has 1 nitrogen and oxygen atoms in total. The summed E-state index contributed by atoms with van der Waals surface area (Å²) in [6, 6.07) is 78.5. The first-order valence-electron chi connectivity index (χ1n) is 32.1. The molecule has 0 amide bonds. The second kappa shape index (κ2) is 23.1. The fraction of sp³-hybridized carbons (Fsp3) is 0.293. The van der Waals surface area contributed by atoms with E-state index < -0.39 is 0 Å². The summed E-state index contributed by atoms with van der Waals surface area (Å²) >= 11 is 0. The summed E-state index contributed by atoms with van der Waals surface area (Å²) in [5.74, 6) is 0. The zero-order chi connectivity index (χ0) is 56.7. The monoisotopic (exact) mass is 1080 g/mol. The van der Waals surface area contributed by atoms with Crippen LogP contribution >= 0.6 is 0 Å². The molecule has 0 radical (unpaired) electrons. The van der Waals surface area contributed by atoms with Crippen molar-refractivity contribution in [2.45, 2.75) is 155 Å². The van der Waals surface area contributed by atoms with Crippen LogP contribution in [0.1, 0.15) is 164 Å². The van der Waals surface area contributed by atoms with Crippen LogP contribution in [0.15, 0.2) is 200 Å². The molecule has 0 saturated carbocycles. The van der Waals surface area contributed by atoms with E-state index in [1.807, 2.05) is 0 Å². The number of fused-ring (bicyclic) bond motifs is 10. The number of rotatable bonds is 21. The second-order valence-corrected chi connectivity index (χ2v) is 24.9. The summed E-state index contributed by atoms with van der Waals surface area (Å²) in [5, 5.41) is 10.5. The summed E-state index contributed by atoms with van der Waals surface area (Å²) < 4.78 is 0. The van der Waals surface area contributed by atoms with E-state index in [9.17, 15) is 0 Å². The second-order valence-electron chi connectivity index (χ2n) is 24.9. The number of aryl methyl sites for hydroxylation is 2. The van der Waals surface area contributed by atoms with E-state index in [-0.39, 0.29) is 10.8 Å². The third-order valence-electron chi connectivity index (χ3n) is 19.9. The molecule has 0 fully saturated rings. The van der Waals surface area contributed by atoms with Crippen molar-refractivity contribution in [1.29, 1.82) is 0 Å². The Morgan fingerprint density at radius 3 is 1.11 bits per heavy atom. The Bertz CT molecular complexity index is 4040. The highest BCUT2D eigenvalue weighted by Gasteiger charge is 2.44. The Balaban J connectivity index is 1.01. The van der Waals surface area contributed by atoms with E-state index in [1.54, 1.807) is 0 Å².